The minimum atomic E-state index is -0.472. The number of piperazine rings is 1. The zero-order chi connectivity index (χ0) is 20.2. The number of nitro groups is 1. The third kappa shape index (κ3) is 4.52. The molecule has 0 atom stereocenters. The Kier molecular flexibility index (Phi) is 5.39. The van der Waals surface area contributed by atoms with Gasteiger partial charge in [-0.3, -0.25) is 19.8 Å². The highest BCUT2D eigenvalue weighted by atomic mass is 16.6. The van der Waals surface area contributed by atoms with E-state index in [0.29, 0.717) is 18.8 Å². The molecule has 9 heteroatoms. The van der Waals surface area contributed by atoms with Crippen molar-refractivity contribution in [3.63, 3.8) is 0 Å². The highest BCUT2D eigenvalue weighted by Gasteiger charge is 2.22. The number of pyridine rings is 1. The number of nitro benzene ring substituents is 1. The van der Waals surface area contributed by atoms with E-state index in [1.807, 2.05) is 35.0 Å². The molecule has 0 bridgehead atoms. The first-order valence-electron chi connectivity index (χ1n) is 9.38. The smallest absolute Gasteiger partial charge is 0.269 e. The van der Waals surface area contributed by atoms with Crippen molar-refractivity contribution in [1.29, 1.82) is 0 Å². The van der Waals surface area contributed by atoms with Gasteiger partial charge in [0.2, 0.25) is 0 Å². The second-order valence-corrected chi connectivity index (χ2v) is 6.89. The van der Waals surface area contributed by atoms with Crippen molar-refractivity contribution in [2.45, 2.75) is 6.54 Å². The first kappa shape index (κ1) is 18.9. The number of amides is 1. The fraction of sp³-hybridized carbons (Fsp3) is 0.300. The first-order chi connectivity index (χ1) is 14.1. The summed E-state index contributed by atoms with van der Waals surface area (Å²) in [6.07, 6.45) is 4.01. The third-order valence-corrected chi connectivity index (χ3v) is 4.93. The van der Waals surface area contributed by atoms with Gasteiger partial charge in [0.25, 0.3) is 11.6 Å². The number of hydrogen-bond acceptors (Lipinski definition) is 6. The molecule has 0 spiro atoms. The SMILES string of the molecule is O=C(COc1ccc([N+](=O)[O-])cc1)N1CCN(Cc2cn3ccccc3n2)CC1. The molecular formula is C20H21N5O4. The molecule has 1 fully saturated rings. The van der Waals surface area contributed by atoms with E-state index in [2.05, 4.69) is 9.88 Å². The second kappa shape index (κ2) is 8.27. The molecule has 1 aromatic carbocycles. The first-order valence-corrected chi connectivity index (χ1v) is 9.38. The number of benzene rings is 1. The molecule has 0 saturated carbocycles. The average molecular weight is 395 g/mol. The van der Waals surface area contributed by atoms with Crippen molar-refractivity contribution in [2.24, 2.45) is 0 Å². The number of rotatable bonds is 6. The molecular weight excluding hydrogens is 374 g/mol. The Morgan fingerprint density at radius 1 is 1.10 bits per heavy atom. The van der Waals surface area contributed by atoms with Gasteiger partial charge in [0.05, 0.1) is 10.6 Å². The number of ether oxygens (including phenoxy) is 1. The van der Waals surface area contributed by atoms with E-state index in [1.54, 1.807) is 4.90 Å². The number of aromatic nitrogens is 2. The van der Waals surface area contributed by atoms with Crippen LogP contribution in [0.1, 0.15) is 5.69 Å². The lowest BCUT2D eigenvalue weighted by Gasteiger charge is -2.34. The Balaban J connectivity index is 1.24. The van der Waals surface area contributed by atoms with Crippen LogP contribution in [0.3, 0.4) is 0 Å². The highest BCUT2D eigenvalue weighted by molar-refractivity contribution is 5.77. The van der Waals surface area contributed by atoms with Crippen molar-refractivity contribution in [2.75, 3.05) is 32.8 Å². The molecule has 3 heterocycles. The Hall–Kier alpha value is -3.46. The molecule has 1 aliphatic rings. The second-order valence-electron chi connectivity index (χ2n) is 6.89. The summed E-state index contributed by atoms with van der Waals surface area (Å²) in [6.45, 7) is 3.49. The van der Waals surface area contributed by atoms with E-state index in [-0.39, 0.29) is 18.2 Å². The van der Waals surface area contributed by atoms with Crippen molar-refractivity contribution >= 4 is 17.2 Å². The Morgan fingerprint density at radius 2 is 1.86 bits per heavy atom. The van der Waals surface area contributed by atoms with Crippen molar-refractivity contribution in [1.82, 2.24) is 19.2 Å². The molecule has 2 aromatic heterocycles. The van der Waals surface area contributed by atoms with Gasteiger partial charge in [-0.1, -0.05) is 6.07 Å². The minimum Gasteiger partial charge on any atom is -0.484 e. The Labute approximate surface area is 167 Å². The van der Waals surface area contributed by atoms with Crippen LogP contribution in [-0.4, -0.2) is 62.8 Å². The standard InChI is InChI=1S/C20H21N5O4/c26-20(15-29-18-6-4-17(5-7-18)25(27)28)23-11-9-22(10-12-23)13-16-14-24-8-2-1-3-19(24)21-16/h1-8,14H,9-13,15H2. The molecule has 3 aromatic rings. The maximum Gasteiger partial charge on any atom is 0.269 e. The predicted octanol–water partition coefficient (Wildman–Crippen LogP) is 1.97. The molecule has 4 rings (SSSR count). The number of carbonyl (C=O) groups excluding carboxylic acids is 1. The Morgan fingerprint density at radius 3 is 2.55 bits per heavy atom. The van der Waals surface area contributed by atoms with E-state index in [0.717, 1.165) is 31.0 Å². The molecule has 150 valence electrons. The maximum atomic E-state index is 12.4. The highest BCUT2D eigenvalue weighted by Crippen LogP contribution is 2.17. The van der Waals surface area contributed by atoms with Crippen LogP contribution < -0.4 is 4.74 Å². The van der Waals surface area contributed by atoms with E-state index >= 15 is 0 Å². The number of non-ortho nitro benzene ring substituents is 1. The summed E-state index contributed by atoms with van der Waals surface area (Å²) >= 11 is 0. The van der Waals surface area contributed by atoms with Crippen molar-refractivity contribution < 1.29 is 14.5 Å². The van der Waals surface area contributed by atoms with Crippen LogP contribution >= 0.6 is 0 Å². The summed E-state index contributed by atoms with van der Waals surface area (Å²) in [5.74, 6) is 0.352. The predicted molar refractivity (Wildman–Crippen MR) is 106 cm³/mol. The lowest BCUT2D eigenvalue weighted by atomic mass is 10.3. The summed E-state index contributed by atoms with van der Waals surface area (Å²) < 4.78 is 7.48. The third-order valence-electron chi connectivity index (χ3n) is 4.93. The molecule has 1 aliphatic heterocycles. The molecule has 9 nitrogen and oxygen atoms in total. The molecule has 1 amide bonds. The number of nitrogens with zero attached hydrogens (tertiary/aromatic N) is 5. The summed E-state index contributed by atoms with van der Waals surface area (Å²) in [7, 11) is 0. The van der Waals surface area contributed by atoms with Crippen LogP contribution in [0, 0.1) is 10.1 Å². The molecule has 0 unspecified atom stereocenters. The zero-order valence-electron chi connectivity index (χ0n) is 15.8. The van der Waals surface area contributed by atoms with E-state index in [1.165, 1.54) is 24.3 Å². The van der Waals surface area contributed by atoms with Crippen LogP contribution in [0.25, 0.3) is 5.65 Å². The topological polar surface area (TPSA) is 93.2 Å². The number of fused-ring (bicyclic) bond motifs is 1. The van der Waals surface area contributed by atoms with Gasteiger partial charge in [0.1, 0.15) is 11.4 Å². The van der Waals surface area contributed by atoms with Crippen LogP contribution in [0.15, 0.2) is 54.9 Å². The van der Waals surface area contributed by atoms with Gasteiger partial charge in [-0.15, -0.1) is 0 Å². The minimum absolute atomic E-state index is 0.00888. The van der Waals surface area contributed by atoms with Gasteiger partial charge in [-0.25, -0.2) is 4.98 Å². The maximum absolute atomic E-state index is 12.4. The zero-order valence-corrected chi connectivity index (χ0v) is 15.8. The lowest BCUT2D eigenvalue weighted by Crippen LogP contribution is -2.49. The Bertz CT molecular complexity index is 976. The fourth-order valence-electron chi connectivity index (χ4n) is 3.35. The number of imidazole rings is 1. The quantitative estimate of drug-likeness (QED) is 0.468. The van der Waals surface area contributed by atoms with Crippen LogP contribution in [0.2, 0.25) is 0 Å². The number of carbonyl (C=O) groups is 1. The van der Waals surface area contributed by atoms with Gasteiger partial charge in [-0.2, -0.15) is 0 Å². The molecule has 0 N–H and O–H groups in total. The van der Waals surface area contributed by atoms with E-state index < -0.39 is 4.92 Å². The normalized spacial score (nSPS) is 14.8. The number of hydrogen-bond donors (Lipinski definition) is 0. The van der Waals surface area contributed by atoms with Gasteiger partial charge in [0.15, 0.2) is 6.61 Å². The van der Waals surface area contributed by atoms with Crippen LogP contribution in [-0.2, 0) is 11.3 Å². The van der Waals surface area contributed by atoms with Gasteiger partial charge in [-0.05, 0) is 24.3 Å². The molecule has 1 saturated heterocycles. The van der Waals surface area contributed by atoms with E-state index in [9.17, 15) is 14.9 Å². The average Bonchev–Trinajstić information content (AvgIpc) is 3.15. The molecule has 0 aliphatic carbocycles. The largest absolute Gasteiger partial charge is 0.484 e. The van der Waals surface area contributed by atoms with Crippen LogP contribution in [0.4, 0.5) is 5.69 Å². The van der Waals surface area contributed by atoms with Gasteiger partial charge in [0, 0.05) is 57.3 Å². The van der Waals surface area contributed by atoms with Crippen LogP contribution in [0.5, 0.6) is 5.75 Å². The van der Waals surface area contributed by atoms with Gasteiger partial charge < -0.3 is 14.0 Å². The van der Waals surface area contributed by atoms with Crippen molar-refractivity contribution in [3.05, 3.63) is 70.7 Å². The molecule has 29 heavy (non-hydrogen) atoms. The summed E-state index contributed by atoms with van der Waals surface area (Å²) in [6, 6.07) is 11.6. The monoisotopic (exact) mass is 395 g/mol. The summed E-state index contributed by atoms with van der Waals surface area (Å²) in [5, 5.41) is 10.7. The fourth-order valence-corrected chi connectivity index (χ4v) is 3.35. The van der Waals surface area contributed by atoms with Crippen molar-refractivity contribution in [3.8, 4) is 5.75 Å². The molecule has 0 radical (unpaired) electrons. The summed E-state index contributed by atoms with van der Waals surface area (Å²) in [4.78, 5) is 31.3. The lowest BCUT2D eigenvalue weighted by molar-refractivity contribution is -0.384. The van der Waals surface area contributed by atoms with Gasteiger partial charge >= 0.3 is 0 Å². The van der Waals surface area contributed by atoms with E-state index in [4.69, 9.17) is 4.74 Å². The summed E-state index contributed by atoms with van der Waals surface area (Å²) in [5.41, 5.74) is 1.93.